The van der Waals surface area contributed by atoms with Crippen molar-refractivity contribution in [3.63, 3.8) is 0 Å². The first-order valence-electron chi connectivity index (χ1n) is 15.0. The van der Waals surface area contributed by atoms with Crippen LogP contribution in [0, 0.1) is 12.8 Å². The number of hydrogen-bond acceptors (Lipinski definition) is 5. The molecule has 41 heavy (non-hydrogen) atoms. The number of imide groups is 1. The second-order valence-electron chi connectivity index (χ2n) is 11.8. The van der Waals surface area contributed by atoms with Gasteiger partial charge in [-0.25, -0.2) is 4.79 Å². The number of anilines is 1. The highest BCUT2D eigenvalue weighted by molar-refractivity contribution is 6.06. The molecule has 8 heteroatoms. The van der Waals surface area contributed by atoms with E-state index in [0.29, 0.717) is 24.9 Å². The van der Waals surface area contributed by atoms with Crippen LogP contribution in [0.2, 0.25) is 0 Å². The third kappa shape index (κ3) is 6.81. The molecule has 2 aromatic carbocycles. The second-order valence-corrected chi connectivity index (χ2v) is 11.8. The first-order valence-corrected chi connectivity index (χ1v) is 15.0. The molecule has 1 N–H and O–H groups in total. The molecule has 0 atom stereocenters. The van der Waals surface area contributed by atoms with Crippen LogP contribution in [0.25, 0.3) is 6.08 Å². The molecule has 3 fully saturated rings. The number of piperidine rings is 2. The van der Waals surface area contributed by atoms with Gasteiger partial charge in [0.25, 0.3) is 5.91 Å². The van der Waals surface area contributed by atoms with Crippen molar-refractivity contribution >= 4 is 29.6 Å². The molecule has 3 aliphatic rings. The van der Waals surface area contributed by atoms with E-state index in [-0.39, 0.29) is 17.8 Å². The van der Waals surface area contributed by atoms with Gasteiger partial charge in [-0.15, -0.1) is 0 Å². The van der Waals surface area contributed by atoms with Crippen LogP contribution in [0.3, 0.4) is 0 Å². The smallest absolute Gasteiger partial charge is 0.328 e. The number of likely N-dealkylation sites (tertiary alicyclic amines) is 2. The average molecular weight is 558 g/mol. The summed E-state index contributed by atoms with van der Waals surface area (Å²) in [5.74, 6) is 0.594. The lowest BCUT2D eigenvalue weighted by Gasteiger charge is -2.40. The summed E-state index contributed by atoms with van der Waals surface area (Å²) in [6.07, 6.45) is 6.84. The van der Waals surface area contributed by atoms with Gasteiger partial charge in [0.2, 0.25) is 5.91 Å². The Labute approximate surface area is 244 Å². The van der Waals surface area contributed by atoms with E-state index in [1.165, 1.54) is 0 Å². The highest BCUT2D eigenvalue weighted by atomic mass is 16.2. The molecule has 5 rings (SSSR count). The van der Waals surface area contributed by atoms with Crippen LogP contribution in [0.4, 0.5) is 10.5 Å². The minimum atomic E-state index is -0.357. The molecule has 0 saturated carbocycles. The summed E-state index contributed by atoms with van der Waals surface area (Å²) in [6.45, 7) is 9.52. The van der Waals surface area contributed by atoms with Crippen LogP contribution in [0.1, 0.15) is 60.5 Å². The number of allylic oxidation sites excluding steroid dienone is 1. The molecule has 2 aromatic rings. The Morgan fingerprint density at radius 3 is 2.34 bits per heavy atom. The van der Waals surface area contributed by atoms with Crippen LogP contribution < -0.4 is 10.2 Å². The summed E-state index contributed by atoms with van der Waals surface area (Å²) >= 11 is 0. The van der Waals surface area contributed by atoms with Gasteiger partial charge in [0.05, 0.1) is 5.69 Å². The monoisotopic (exact) mass is 557 g/mol. The zero-order valence-electron chi connectivity index (χ0n) is 24.6. The van der Waals surface area contributed by atoms with E-state index in [0.717, 1.165) is 86.5 Å². The number of benzene rings is 2. The summed E-state index contributed by atoms with van der Waals surface area (Å²) in [7, 11) is 2.17. The number of hydrogen-bond donors (Lipinski definition) is 1. The van der Waals surface area contributed by atoms with Crippen molar-refractivity contribution < 1.29 is 14.4 Å². The number of nitrogens with zero attached hydrogens (tertiary/aromatic N) is 4. The third-order valence-electron chi connectivity index (χ3n) is 9.10. The number of nitrogens with one attached hydrogen (secondary N) is 1. The fourth-order valence-electron chi connectivity index (χ4n) is 6.42. The summed E-state index contributed by atoms with van der Waals surface area (Å²) in [5, 5.41) is 2.43. The molecule has 0 unspecified atom stereocenters. The summed E-state index contributed by atoms with van der Waals surface area (Å²) < 4.78 is 0. The van der Waals surface area contributed by atoms with Gasteiger partial charge in [0.1, 0.15) is 0 Å². The van der Waals surface area contributed by atoms with E-state index in [1.54, 1.807) is 4.90 Å². The Morgan fingerprint density at radius 1 is 0.951 bits per heavy atom. The van der Waals surface area contributed by atoms with Crippen LogP contribution >= 0.6 is 0 Å². The predicted molar refractivity (Wildman–Crippen MR) is 163 cm³/mol. The van der Waals surface area contributed by atoms with E-state index < -0.39 is 0 Å². The predicted octanol–water partition coefficient (Wildman–Crippen LogP) is 4.75. The van der Waals surface area contributed by atoms with Crippen LogP contribution in [-0.2, 0) is 4.79 Å². The van der Waals surface area contributed by atoms with Gasteiger partial charge in [0.15, 0.2) is 0 Å². The normalized spacial score (nSPS) is 19.8. The van der Waals surface area contributed by atoms with E-state index >= 15 is 0 Å². The summed E-state index contributed by atoms with van der Waals surface area (Å²) in [5.41, 5.74) is 4.85. The van der Waals surface area contributed by atoms with Crippen molar-refractivity contribution in [3.8, 4) is 0 Å². The fourth-order valence-corrected chi connectivity index (χ4v) is 6.42. The maximum absolute atomic E-state index is 13.0. The van der Waals surface area contributed by atoms with Crippen molar-refractivity contribution in [2.75, 3.05) is 51.2 Å². The highest BCUT2D eigenvalue weighted by Gasteiger charge is 2.29. The molecule has 0 aliphatic carbocycles. The fraction of sp³-hybridized carbons (Fsp3) is 0.485. The Morgan fingerprint density at radius 2 is 1.63 bits per heavy atom. The molecule has 3 aliphatic heterocycles. The van der Waals surface area contributed by atoms with Crippen molar-refractivity contribution in [1.82, 2.24) is 20.0 Å². The highest BCUT2D eigenvalue weighted by Crippen LogP contribution is 2.28. The standard InChI is InChI=1S/C33H43N5O3/c1-24-8-4-6-10-29(24)32(40)37-19-12-26(13-20-37)23-36-17-14-28(15-18-36)35(3)25(2)22-27-9-5-7-11-30(27)38-21-16-31(39)34-33(38)41/h4-11,22,26,28H,12-21,23H2,1-3H3,(H,34,39,41)/b25-22-. The molecule has 8 nitrogen and oxygen atoms in total. The van der Waals surface area contributed by atoms with Gasteiger partial charge >= 0.3 is 6.03 Å². The molecule has 3 heterocycles. The van der Waals surface area contributed by atoms with Crippen LogP contribution in [0.5, 0.6) is 0 Å². The first kappa shape index (κ1) is 28.9. The molecular formula is C33H43N5O3. The molecule has 0 bridgehead atoms. The maximum atomic E-state index is 13.0. The number of para-hydroxylation sites is 1. The number of urea groups is 1. The Kier molecular flexibility index (Phi) is 9.08. The zero-order chi connectivity index (χ0) is 28.9. The van der Waals surface area contributed by atoms with Crippen molar-refractivity contribution in [2.45, 2.75) is 52.0 Å². The molecule has 218 valence electrons. The van der Waals surface area contributed by atoms with Gasteiger partial charge in [-0.2, -0.15) is 0 Å². The largest absolute Gasteiger partial charge is 0.375 e. The average Bonchev–Trinajstić information content (AvgIpc) is 2.98. The van der Waals surface area contributed by atoms with Gasteiger partial charge in [-0.1, -0.05) is 36.4 Å². The Bertz CT molecular complexity index is 1290. The van der Waals surface area contributed by atoms with Crippen molar-refractivity contribution in [3.05, 3.63) is 70.9 Å². The van der Waals surface area contributed by atoms with Gasteiger partial charge in [0, 0.05) is 70.0 Å². The van der Waals surface area contributed by atoms with E-state index in [4.69, 9.17) is 0 Å². The van der Waals surface area contributed by atoms with Crippen LogP contribution in [-0.4, -0.2) is 84.9 Å². The lowest BCUT2D eigenvalue weighted by Crippen LogP contribution is -2.49. The molecule has 0 spiro atoms. The van der Waals surface area contributed by atoms with Crippen molar-refractivity contribution in [2.24, 2.45) is 5.92 Å². The third-order valence-corrected chi connectivity index (χ3v) is 9.10. The lowest BCUT2D eigenvalue weighted by molar-refractivity contribution is -0.120. The quantitative estimate of drug-likeness (QED) is 0.532. The van der Waals surface area contributed by atoms with Crippen LogP contribution in [0.15, 0.2) is 54.2 Å². The summed E-state index contributed by atoms with van der Waals surface area (Å²) in [6, 6.07) is 15.9. The number of carbonyl (C=O) groups excluding carboxylic acids is 3. The Balaban J connectivity index is 1.11. The van der Waals surface area contributed by atoms with Crippen molar-refractivity contribution in [1.29, 1.82) is 0 Å². The minimum Gasteiger partial charge on any atom is -0.375 e. The minimum absolute atomic E-state index is 0.172. The van der Waals surface area contributed by atoms with E-state index in [1.807, 2.05) is 60.4 Å². The van der Waals surface area contributed by atoms with Gasteiger partial charge in [-0.3, -0.25) is 19.8 Å². The Hall–Kier alpha value is -3.65. The van der Waals surface area contributed by atoms with E-state index in [2.05, 4.69) is 35.2 Å². The molecule has 0 aromatic heterocycles. The number of aryl methyl sites for hydroxylation is 1. The topological polar surface area (TPSA) is 76.2 Å². The summed E-state index contributed by atoms with van der Waals surface area (Å²) in [4.78, 5) is 45.7. The SMILES string of the molecule is C/C(=C/c1ccccc1N1CCC(=O)NC1=O)N(C)C1CCN(CC2CCN(C(=O)c3ccccc3C)CC2)CC1. The zero-order valence-corrected chi connectivity index (χ0v) is 24.6. The number of amides is 4. The lowest BCUT2D eigenvalue weighted by atomic mass is 9.93. The van der Waals surface area contributed by atoms with Gasteiger partial charge < -0.3 is 14.7 Å². The molecule has 3 saturated heterocycles. The molecule has 0 radical (unpaired) electrons. The number of carbonyl (C=O) groups is 3. The van der Waals surface area contributed by atoms with Gasteiger partial charge in [-0.05, 0) is 74.8 Å². The first-order chi connectivity index (χ1) is 19.8. The number of rotatable bonds is 7. The molecule has 4 amide bonds. The molecular weight excluding hydrogens is 514 g/mol. The maximum Gasteiger partial charge on any atom is 0.328 e. The second kappa shape index (κ2) is 12.9. The van der Waals surface area contributed by atoms with E-state index in [9.17, 15) is 14.4 Å².